The molecule has 0 fully saturated rings. The van der Waals surface area contributed by atoms with Gasteiger partial charge in [-0.2, -0.15) is 0 Å². The minimum atomic E-state index is -2.35. The first-order valence-electron chi connectivity index (χ1n) is 4.77. The summed E-state index contributed by atoms with van der Waals surface area (Å²) in [4.78, 5) is 11.1. The van der Waals surface area contributed by atoms with Crippen molar-refractivity contribution in [3.8, 4) is 0 Å². The molecule has 15 heavy (non-hydrogen) atoms. The highest BCUT2D eigenvalue weighted by Crippen LogP contribution is 2.60. The molecule has 0 saturated carbocycles. The Morgan fingerprint density at radius 3 is 2.13 bits per heavy atom. The van der Waals surface area contributed by atoms with Crippen LogP contribution in [0.15, 0.2) is 0 Å². The predicted molar refractivity (Wildman–Crippen MR) is 66.6 cm³/mol. The Bertz CT molecular complexity index is 225. The van der Waals surface area contributed by atoms with Gasteiger partial charge in [-0.25, -0.2) is 0 Å². The van der Waals surface area contributed by atoms with Crippen LogP contribution in [-0.2, 0) is 30.4 Å². The Kier molecular flexibility index (Phi) is 8.75. The second-order valence-electron chi connectivity index (χ2n) is 2.36. The Hall–Kier alpha value is 0.390. The van der Waals surface area contributed by atoms with Crippen molar-refractivity contribution >= 4 is 34.9 Å². The lowest BCUT2D eigenvalue weighted by atomic mass is 10.8. The van der Waals surface area contributed by atoms with E-state index in [2.05, 4.69) is 0 Å². The molecule has 0 aromatic rings. The van der Waals surface area contributed by atoms with E-state index in [1.807, 2.05) is 13.8 Å². The Morgan fingerprint density at radius 2 is 1.73 bits per heavy atom. The number of rotatable bonds is 8. The normalized spacial score (nSPS) is 11.4. The molecule has 0 aliphatic heterocycles. The van der Waals surface area contributed by atoms with Gasteiger partial charge < -0.3 is 13.8 Å². The van der Waals surface area contributed by atoms with Crippen molar-refractivity contribution < 1.29 is 18.6 Å². The van der Waals surface area contributed by atoms with Crippen LogP contribution in [0.25, 0.3) is 0 Å². The molecule has 0 rings (SSSR count). The number of carbonyl (C=O) groups is 1. The van der Waals surface area contributed by atoms with Gasteiger partial charge in [-0.15, -0.1) is 0 Å². The summed E-state index contributed by atoms with van der Waals surface area (Å²) in [5.74, 6) is -0.0957. The fraction of sp³-hybridized carbons (Fsp3) is 0.875. The van der Waals surface area contributed by atoms with Crippen molar-refractivity contribution in [2.24, 2.45) is 0 Å². The van der Waals surface area contributed by atoms with Crippen molar-refractivity contribution in [3.63, 3.8) is 0 Å². The number of esters is 1. The van der Waals surface area contributed by atoms with E-state index >= 15 is 0 Å². The van der Waals surface area contributed by atoms with Crippen LogP contribution in [-0.4, -0.2) is 31.5 Å². The van der Waals surface area contributed by atoms with Crippen molar-refractivity contribution in [3.05, 3.63) is 0 Å². The number of hydrogen-bond acceptors (Lipinski definition) is 6. The van der Waals surface area contributed by atoms with E-state index in [1.165, 1.54) is 11.4 Å². The fourth-order valence-electron chi connectivity index (χ4n) is 0.762. The molecule has 0 spiro atoms. The van der Waals surface area contributed by atoms with Crippen molar-refractivity contribution in [1.82, 2.24) is 0 Å². The minimum Gasteiger partial charge on any atom is -0.465 e. The Balaban J connectivity index is 4.06. The number of hydrogen-bond donors (Lipinski definition) is 0. The zero-order chi connectivity index (χ0) is 11.7. The maximum atomic E-state index is 11.1. The highest BCUT2D eigenvalue weighted by atomic mass is 32.9. The number of ether oxygens (including phenoxy) is 1. The minimum absolute atomic E-state index is 0.186. The standard InChI is InChI=1S/C8H17O4PS2/c1-4-10-8(9)7-15-13(14,11-5-2)12-6-3/h4-7H2,1-3H3. The zero-order valence-corrected chi connectivity index (χ0v) is 11.8. The molecule has 0 atom stereocenters. The summed E-state index contributed by atoms with van der Waals surface area (Å²) in [5.41, 5.74) is -2.35. The van der Waals surface area contributed by atoms with Crippen LogP contribution in [0.4, 0.5) is 0 Å². The van der Waals surface area contributed by atoms with Crippen molar-refractivity contribution in [1.29, 1.82) is 0 Å². The summed E-state index contributed by atoms with van der Waals surface area (Å²) in [6.45, 7) is 6.84. The van der Waals surface area contributed by atoms with Gasteiger partial charge in [0.15, 0.2) is 0 Å². The van der Waals surface area contributed by atoms with Gasteiger partial charge in [-0.05, 0) is 32.6 Å². The van der Waals surface area contributed by atoms with Crippen LogP contribution in [0.2, 0.25) is 0 Å². The first kappa shape index (κ1) is 15.4. The molecule has 4 nitrogen and oxygen atoms in total. The molecule has 0 saturated heterocycles. The lowest BCUT2D eigenvalue weighted by Gasteiger charge is -2.19. The van der Waals surface area contributed by atoms with Gasteiger partial charge in [0.2, 0.25) is 5.69 Å². The molecule has 0 radical (unpaired) electrons. The van der Waals surface area contributed by atoms with Crippen LogP contribution in [0.5, 0.6) is 0 Å². The summed E-state index contributed by atoms with van der Waals surface area (Å²) < 4.78 is 15.5. The summed E-state index contributed by atoms with van der Waals surface area (Å²) >= 11 is 6.45. The molecule has 0 aromatic heterocycles. The van der Waals surface area contributed by atoms with E-state index in [0.29, 0.717) is 19.8 Å². The summed E-state index contributed by atoms with van der Waals surface area (Å²) in [7, 11) is 0. The Labute approximate surface area is 100.0 Å². The summed E-state index contributed by atoms with van der Waals surface area (Å²) in [6.07, 6.45) is 0. The molecule has 0 aliphatic rings. The van der Waals surface area contributed by atoms with E-state index in [1.54, 1.807) is 6.92 Å². The molecule has 0 aliphatic carbocycles. The van der Waals surface area contributed by atoms with Gasteiger partial charge in [-0.1, -0.05) is 11.4 Å². The van der Waals surface area contributed by atoms with Crippen molar-refractivity contribution in [2.75, 3.05) is 25.6 Å². The second-order valence-corrected chi connectivity index (χ2v) is 8.67. The smallest absolute Gasteiger partial charge is 0.316 e. The quantitative estimate of drug-likeness (QED) is 0.500. The summed E-state index contributed by atoms with van der Waals surface area (Å²) in [6, 6.07) is 0. The highest BCUT2D eigenvalue weighted by Gasteiger charge is 2.20. The average Bonchev–Trinajstić information content (AvgIpc) is 2.16. The zero-order valence-electron chi connectivity index (χ0n) is 9.23. The topological polar surface area (TPSA) is 44.8 Å². The van der Waals surface area contributed by atoms with E-state index in [4.69, 9.17) is 25.6 Å². The molecular weight excluding hydrogens is 255 g/mol. The Morgan fingerprint density at radius 1 is 1.20 bits per heavy atom. The van der Waals surface area contributed by atoms with Crippen LogP contribution in [0.1, 0.15) is 20.8 Å². The molecule has 0 heterocycles. The van der Waals surface area contributed by atoms with E-state index in [-0.39, 0.29) is 11.7 Å². The van der Waals surface area contributed by atoms with Gasteiger partial charge in [0, 0.05) is 0 Å². The SMILES string of the molecule is CCOC(=O)CSP(=S)(OCC)OCC. The van der Waals surface area contributed by atoms with Gasteiger partial charge in [0.05, 0.1) is 19.8 Å². The molecule has 0 amide bonds. The average molecular weight is 272 g/mol. The van der Waals surface area contributed by atoms with Crippen LogP contribution < -0.4 is 0 Å². The summed E-state index contributed by atoms with van der Waals surface area (Å²) in [5, 5.41) is 0. The first-order chi connectivity index (χ1) is 7.08. The third kappa shape index (κ3) is 7.30. The van der Waals surface area contributed by atoms with E-state index in [0.717, 1.165) is 0 Å². The van der Waals surface area contributed by atoms with E-state index in [9.17, 15) is 4.79 Å². The van der Waals surface area contributed by atoms with Gasteiger partial charge >= 0.3 is 5.97 Å². The van der Waals surface area contributed by atoms with Crippen LogP contribution >= 0.6 is 17.1 Å². The first-order valence-corrected chi connectivity index (χ1v) is 9.00. The number of carbonyl (C=O) groups excluding carboxylic acids is 1. The lowest BCUT2D eigenvalue weighted by molar-refractivity contribution is -0.139. The molecule has 0 N–H and O–H groups in total. The van der Waals surface area contributed by atoms with E-state index < -0.39 is 5.69 Å². The largest absolute Gasteiger partial charge is 0.465 e. The molecule has 7 heteroatoms. The second kappa shape index (κ2) is 8.53. The van der Waals surface area contributed by atoms with Gasteiger partial charge in [0.1, 0.15) is 5.75 Å². The highest BCUT2D eigenvalue weighted by molar-refractivity contribution is 8.68. The third-order valence-electron chi connectivity index (χ3n) is 1.22. The maximum absolute atomic E-state index is 11.1. The lowest BCUT2D eigenvalue weighted by Crippen LogP contribution is -2.07. The molecule has 0 unspecified atom stereocenters. The van der Waals surface area contributed by atoms with Gasteiger partial charge in [0.25, 0.3) is 0 Å². The molecule has 0 aromatic carbocycles. The fourth-order valence-corrected chi connectivity index (χ4v) is 4.94. The molecular formula is C8H17O4PS2. The maximum Gasteiger partial charge on any atom is 0.316 e. The predicted octanol–water partition coefficient (Wildman–Crippen LogP) is 2.58. The molecule has 90 valence electrons. The van der Waals surface area contributed by atoms with Crippen LogP contribution in [0.3, 0.4) is 0 Å². The third-order valence-corrected chi connectivity index (χ3v) is 6.60. The van der Waals surface area contributed by atoms with Crippen LogP contribution in [0, 0.1) is 0 Å². The molecule has 0 bridgehead atoms. The van der Waals surface area contributed by atoms with Gasteiger partial charge in [-0.3, -0.25) is 4.79 Å². The monoisotopic (exact) mass is 272 g/mol. The van der Waals surface area contributed by atoms with Crippen molar-refractivity contribution in [2.45, 2.75) is 20.8 Å².